The Kier molecular flexibility index (Phi) is 5.81. The zero-order valence-electron chi connectivity index (χ0n) is 15.7. The number of hydrogen-bond acceptors (Lipinski definition) is 4. The Morgan fingerprint density at radius 3 is 2.41 bits per heavy atom. The highest BCUT2D eigenvalue weighted by Gasteiger charge is 2.15. The molecule has 5 heteroatoms. The Hall–Kier alpha value is -3.21. The van der Waals surface area contributed by atoms with Gasteiger partial charge < -0.3 is 19.5 Å². The summed E-state index contributed by atoms with van der Waals surface area (Å²) in [6.45, 7) is 2.11. The first-order valence-corrected chi connectivity index (χ1v) is 8.75. The van der Waals surface area contributed by atoms with Crippen molar-refractivity contribution in [1.29, 1.82) is 0 Å². The highest BCUT2D eigenvalue weighted by molar-refractivity contribution is 5.84. The molecule has 3 aromatic rings. The molecule has 5 nitrogen and oxygen atoms in total. The van der Waals surface area contributed by atoms with Crippen LogP contribution >= 0.6 is 0 Å². The number of carbonyl (C=O) groups is 1. The Balaban J connectivity index is 1.60. The fraction of sp³-hybridized carbons (Fsp3) is 0.227. The number of benzene rings is 3. The van der Waals surface area contributed by atoms with Gasteiger partial charge in [-0.1, -0.05) is 36.4 Å². The van der Waals surface area contributed by atoms with Crippen molar-refractivity contribution in [2.75, 3.05) is 14.2 Å². The van der Waals surface area contributed by atoms with E-state index in [4.69, 9.17) is 14.2 Å². The van der Waals surface area contributed by atoms with E-state index in [0.717, 1.165) is 16.3 Å². The predicted molar refractivity (Wildman–Crippen MR) is 105 cm³/mol. The number of fused-ring (bicyclic) bond motifs is 1. The molecule has 27 heavy (non-hydrogen) atoms. The van der Waals surface area contributed by atoms with Gasteiger partial charge >= 0.3 is 0 Å². The monoisotopic (exact) mass is 365 g/mol. The Morgan fingerprint density at radius 2 is 1.67 bits per heavy atom. The maximum Gasteiger partial charge on any atom is 0.261 e. The third-order valence-corrected chi connectivity index (χ3v) is 4.32. The summed E-state index contributed by atoms with van der Waals surface area (Å²) in [6, 6.07) is 19.4. The first-order valence-electron chi connectivity index (χ1n) is 8.75. The lowest BCUT2D eigenvalue weighted by Gasteiger charge is -2.16. The van der Waals surface area contributed by atoms with E-state index in [0.29, 0.717) is 23.8 Å². The number of hydrogen-bond donors (Lipinski definition) is 1. The van der Waals surface area contributed by atoms with Gasteiger partial charge in [0.1, 0.15) is 5.75 Å². The van der Waals surface area contributed by atoms with Gasteiger partial charge in [-0.05, 0) is 47.5 Å². The summed E-state index contributed by atoms with van der Waals surface area (Å²) < 4.78 is 16.3. The van der Waals surface area contributed by atoms with Gasteiger partial charge in [0.25, 0.3) is 5.91 Å². The molecular formula is C22H23NO4. The topological polar surface area (TPSA) is 56.8 Å². The molecule has 0 unspecified atom stereocenters. The first kappa shape index (κ1) is 18.6. The molecule has 3 aromatic carbocycles. The van der Waals surface area contributed by atoms with Crippen molar-refractivity contribution < 1.29 is 19.0 Å². The fourth-order valence-electron chi connectivity index (χ4n) is 2.82. The molecule has 3 rings (SSSR count). The fourth-order valence-corrected chi connectivity index (χ4v) is 2.82. The highest BCUT2D eigenvalue weighted by Crippen LogP contribution is 2.27. The van der Waals surface area contributed by atoms with Crippen LogP contribution in [0, 0.1) is 0 Å². The van der Waals surface area contributed by atoms with Crippen molar-refractivity contribution in [3.63, 3.8) is 0 Å². The molecule has 0 aliphatic carbocycles. The Labute approximate surface area is 158 Å². The summed E-state index contributed by atoms with van der Waals surface area (Å²) in [5.41, 5.74) is 0.916. The van der Waals surface area contributed by atoms with E-state index in [9.17, 15) is 4.79 Å². The summed E-state index contributed by atoms with van der Waals surface area (Å²) in [7, 11) is 3.17. The number of carbonyl (C=O) groups excluding carboxylic acids is 1. The lowest BCUT2D eigenvalue weighted by molar-refractivity contribution is -0.127. The van der Waals surface area contributed by atoms with Crippen LogP contribution in [-0.2, 0) is 11.3 Å². The minimum atomic E-state index is -0.605. The second-order valence-electron chi connectivity index (χ2n) is 6.18. The van der Waals surface area contributed by atoms with E-state index in [2.05, 4.69) is 5.32 Å². The molecule has 1 atom stereocenters. The van der Waals surface area contributed by atoms with Crippen LogP contribution in [0.3, 0.4) is 0 Å². The second-order valence-corrected chi connectivity index (χ2v) is 6.18. The molecule has 140 valence electrons. The smallest absolute Gasteiger partial charge is 0.261 e. The van der Waals surface area contributed by atoms with Gasteiger partial charge in [-0.15, -0.1) is 0 Å². The SMILES string of the molecule is COc1ccc(CNC(=O)[C@@H](C)Oc2ccc3ccccc3c2)cc1OC. The minimum Gasteiger partial charge on any atom is -0.493 e. The van der Waals surface area contributed by atoms with Crippen molar-refractivity contribution in [3.8, 4) is 17.2 Å². The van der Waals surface area contributed by atoms with E-state index >= 15 is 0 Å². The van der Waals surface area contributed by atoms with Crippen LogP contribution in [0.15, 0.2) is 60.7 Å². The lowest BCUT2D eigenvalue weighted by atomic mass is 10.1. The maximum absolute atomic E-state index is 12.4. The van der Waals surface area contributed by atoms with Crippen LogP contribution in [0.4, 0.5) is 0 Å². The molecule has 0 aliphatic rings. The molecule has 0 heterocycles. The number of rotatable bonds is 7. The molecule has 1 amide bonds. The van der Waals surface area contributed by atoms with Crippen molar-refractivity contribution in [2.24, 2.45) is 0 Å². The molecule has 0 saturated carbocycles. The summed E-state index contributed by atoms with van der Waals surface area (Å²) >= 11 is 0. The molecule has 1 N–H and O–H groups in total. The molecule has 0 spiro atoms. The molecule has 0 aromatic heterocycles. The summed E-state index contributed by atoms with van der Waals surface area (Å²) in [5, 5.41) is 5.10. The zero-order valence-corrected chi connectivity index (χ0v) is 15.7. The molecular weight excluding hydrogens is 342 g/mol. The largest absolute Gasteiger partial charge is 0.493 e. The van der Waals surface area contributed by atoms with Crippen molar-refractivity contribution >= 4 is 16.7 Å². The van der Waals surface area contributed by atoms with Gasteiger partial charge in [-0.25, -0.2) is 0 Å². The molecule has 0 bridgehead atoms. The quantitative estimate of drug-likeness (QED) is 0.689. The lowest BCUT2D eigenvalue weighted by Crippen LogP contribution is -2.35. The van der Waals surface area contributed by atoms with Gasteiger partial charge in [0.05, 0.1) is 14.2 Å². The molecule has 0 aliphatic heterocycles. The van der Waals surface area contributed by atoms with E-state index in [1.54, 1.807) is 21.1 Å². The second kappa shape index (κ2) is 8.45. The van der Waals surface area contributed by atoms with Crippen LogP contribution in [-0.4, -0.2) is 26.2 Å². The van der Waals surface area contributed by atoms with E-state index in [1.165, 1.54) is 0 Å². The minimum absolute atomic E-state index is 0.182. The Morgan fingerprint density at radius 1 is 0.926 bits per heavy atom. The van der Waals surface area contributed by atoms with Gasteiger partial charge in [0.15, 0.2) is 17.6 Å². The average molecular weight is 365 g/mol. The van der Waals surface area contributed by atoms with Crippen LogP contribution in [0.1, 0.15) is 12.5 Å². The predicted octanol–water partition coefficient (Wildman–Crippen LogP) is 3.94. The zero-order chi connectivity index (χ0) is 19.2. The van der Waals surface area contributed by atoms with Crippen molar-refractivity contribution in [2.45, 2.75) is 19.6 Å². The van der Waals surface area contributed by atoms with E-state index < -0.39 is 6.10 Å². The summed E-state index contributed by atoms with van der Waals surface area (Å²) in [4.78, 5) is 12.4. The summed E-state index contributed by atoms with van der Waals surface area (Å²) in [6.07, 6.45) is -0.605. The van der Waals surface area contributed by atoms with Gasteiger partial charge in [0.2, 0.25) is 0 Å². The summed E-state index contributed by atoms with van der Waals surface area (Å²) in [5.74, 6) is 1.77. The Bertz CT molecular complexity index is 938. The number of amides is 1. The van der Waals surface area contributed by atoms with E-state index in [1.807, 2.05) is 60.7 Å². The van der Waals surface area contributed by atoms with Gasteiger partial charge in [0, 0.05) is 6.54 Å². The van der Waals surface area contributed by atoms with E-state index in [-0.39, 0.29) is 5.91 Å². The highest BCUT2D eigenvalue weighted by atomic mass is 16.5. The molecule has 0 saturated heterocycles. The van der Waals surface area contributed by atoms with Crippen molar-refractivity contribution in [1.82, 2.24) is 5.32 Å². The van der Waals surface area contributed by atoms with Crippen LogP contribution in [0.2, 0.25) is 0 Å². The van der Waals surface area contributed by atoms with Crippen LogP contribution < -0.4 is 19.5 Å². The number of methoxy groups -OCH3 is 2. The maximum atomic E-state index is 12.4. The van der Waals surface area contributed by atoms with Gasteiger partial charge in [-0.2, -0.15) is 0 Å². The number of ether oxygens (including phenoxy) is 3. The van der Waals surface area contributed by atoms with Crippen molar-refractivity contribution in [3.05, 3.63) is 66.2 Å². The first-order chi connectivity index (χ1) is 13.1. The normalized spacial score (nSPS) is 11.7. The number of nitrogens with one attached hydrogen (secondary N) is 1. The van der Waals surface area contributed by atoms with Crippen LogP contribution in [0.5, 0.6) is 17.2 Å². The third-order valence-electron chi connectivity index (χ3n) is 4.32. The standard InChI is InChI=1S/C22H23NO4/c1-15(27-19-10-9-17-6-4-5-7-18(17)13-19)22(24)23-14-16-8-11-20(25-2)21(12-16)26-3/h4-13,15H,14H2,1-3H3,(H,23,24)/t15-/m1/s1. The average Bonchev–Trinajstić information content (AvgIpc) is 2.71. The van der Waals surface area contributed by atoms with Gasteiger partial charge in [-0.3, -0.25) is 4.79 Å². The molecule has 0 fully saturated rings. The third kappa shape index (κ3) is 4.50. The molecule has 0 radical (unpaired) electrons. The van der Waals surface area contributed by atoms with Crippen LogP contribution in [0.25, 0.3) is 10.8 Å².